The molecule has 0 saturated heterocycles. The summed E-state index contributed by atoms with van der Waals surface area (Å²) in [6.45, 7) is 1.67. The van der Waals surface area contributed by atoms with Crippen molar-refractivity contribution in [1.82, 2.24) is 0 Å². The first-order valence-electron chi connectivity index (χ1n) is 8.98. The maximum Gasteiger partial charge on any atom is 0.255 e. The SMILES string of the molecule is COc1cccc(C(=O)Nc2cccc(O[C@@H](C)C(=O)c3cccc(Cl)c3)c2)c1. The number of halogens is 1. The van der Waals surface area contributed by atoms with Crippen LogP contribution in [0, 0.1) is 0 Å². The van der Waals surface area contributed by atoms with E-state index < -0.39 is 6.10 Å². The van der Waals surface area contributed by atoms with Gasteiger partial charge in [0.25, 0.3) is 5.91 Å². The van der Waals surface area contributed by atoms with Crippen LogP contribution in [0.1, 0.15) is 27.6 Å². The molecule has 0 aliphatic heterocycles. The van der Waals surface area contributed by atoms with Crippen LogP contribution in [0.25, 0.3) is 0 Å². The fourth-order valence-corrected chi connectivity index (χ4v) is 2.94. The molecule has 5 nitrogen and oxygen atoms in total. The fraction of sp³-hybridized carbons (Fsp3) is 0.130. The molecular formula is C23H20ClNO4. The number of amides is 1. The van der Waals surface area contributed by atoms with Gasteiger partial charge in [0.05, 0.1) is 7.11 Å². The second kappa shape index (κ2) is 9.26. The monoisotopic (exact) mass is 409 g/mol. The zero-order valence-electron chi connectivity index (χ0n) is 16.0. The summed E-state index contributed by atoms with van der Waals surface area (Å²) in [5.41, 5.74) is 1.50. The van der Waals surface area contributed by atoms with Crippen molar-refractivity contribution in [2.45, 2.75) is 13.0 Å². The average Bonchev–Trinajstić information content (AvgIpc) is 2.73. The lowest BCUT2D eigenvalue weighted by atomic mass is 10.1. The van der Waals surface area contributed by atoms with Crippen LogP contribution in [0.2, 0.25) is 5.02 Å². The van der Waals surface area contributed by atoms with Gasteiger partial charge in [-0.25, -0.2) is 0 Å². The first kappa shape index (κ1) is 20.4. The molecule has 0 heterocycles. The van der Waals surface area contributed by atoms with Gasteiger partial charge in [-0.1, -0.05) is 35.9 Å². The highest BCUT2D eigenvalue weighted by Gasteiger charge is 2.17. The van der Waals surface area contributed by atoms with E-state index in [1.54, 1.807) is 86.8 Å². The van der Waals surface area contributed by atoms with Crippen LogP contribution >= 0.6 is 11.6 Å². The van der Waals surface area contributed by atoms with Gasteiger partial charge in [0.15, 0.2) is 6.10 Å². The number of hydrogen-bond donors (Lipinski definition) is 1. The molecule has 0 saturated carbocycles. The van der Waals surface area contributed by atoms with Crippen molar-refractivity contribution in [3.8, 4) is 11.5 Å². The Kier molecular flexibility index (Phi) is 6.52. The van der Waals surface area contributed by atoms with E-state index >= 15 is 0 Å². The number of carbonyl (C=O) groups is 2. The lowest BCUT2D eigenvalue weighted by molar-refractivity contribution is 0.0818. The highest BCUT2D eigenvalue weighted by Crippen LogP contribution is 2.22. The Morgan fingerprint density at radius 3 is 2.34 bits per heavy atom. The minimum atomic E-state index is -0.710. The molecular weight excluding hydrogens is 390 g/mol. The molecule has 0 radical (unpaired) electrons. The highest BCUT2D eigenvalue weighted by molar-refractivity contribution is 6.31. The number of ether oxygens (including phenoxy) is 2. The molecule has 148 valence electrons. The van der Waals surface area contributed by atoms with Gasteiger partial charge >= 0.3 is 0 Å². The molecule has 1 N–H and O–H groups in total. The Balaban J connectivity index is 1.69. The van der Waals surface area contributed by atoms with Crippen molar-refractivity contribution < 1.29 is 19.1 Å². The van der Waals surface area contributed by atoms with Crippen molar-refractivity contribution in [2.75, 3.05) is 12.4 Å². The van der Waals surface area contributed by atoms with E-state index in [-0.39, 0.29) is 11.7 Å². The number of carbonyl (C=O) groups excluding carboxylic acids is 2. The van der Waals surface area contributed by atoms with Gasteiger partial charge < -0.3 is 14.8 Å². The molecule has 0 bridgehead atoms. The average molecular weight is 410 g/mol. The number of benzene rings is 3. The zero-order chi connectivity index (χ0) is 20.8. The standard InChI is InChI=1S/C23H20ClNO4/c1-15(22(26)16-6-3-8-18(24)12-16)29-21-11-5-9-19(14-21)25-23(27)17-7-4-10-20(13-17)28-2/h3-15H,1-2H3,(H,25,27)/t15-/m0/s1. The van der Waals surface area contributed by atoms with Gasteiger partial charge in [-0.15, -0.1) is 0 Å². The summed E-state index contributed by atoms with van der Waals surface area (Å²) in [4.78, 5) is 25.0. The Bertz CT molecular complexity index is 1030. The first-order chi connectivity index (χ1) is 14.0. The molecule has 3 rings (SSSR count). The van der Waals surface area contributed by atoms with E-state index in [9.17, 15) is 9.59 Å². The maximum atomic E-state index is 12.5. The molecule has 0 aliphatic carbocycles. The maximum absolute atomic E-state index is 12.5. The second-order valence-corrected chi connectivity index (χ2v) is 6.79. The minimum Gasteiger partial charge on any atom is -0.497 e. The van der Waals surface area contributed by atoms with Gasteiger partial charge in [-0.3, -0.25) is 9.59 Å². The zero-order valence-corrected chi connectivity index (χ0v) is 16.8. The molecule has 6 heteroatoms. The third-order valence-electron chi connectivity index (χ3n) is 4.22. The van der Waals surface area contributed by atoms with Gasteiger partial charge in [0, 0.05) is 27.9 Å². The lowest BCUT2D eigenvalue weighted by Crippen LogP contribution is -2.24. The normalized spacial score (nSPS) is 11.4. The Morgan fingerprint density at radius 1 is 0.897 bits per heavy atom. The summed E-state index contributed by atoms with van der Waals surface area (Å²) in [5, 5.41) is 3.31. The third kappa shape index (κ3) is 5.36. The number of rotatable bonds is 7. The van der Waals surface area contributed by atoms with Crippen LogP contribution in [-0.2, 0) is 0 Å². The molecule has 29 heavy (non-hydrogen) atoms. The van der Waals surface area contributed by atoms with E-state index in [2.05, 4.69) is 5.32 Å². The molecule has 0 fully saturated rings. The molecule has 1 amide bonds. The summed E-state index contributed by atoms with van der Waals surface area (Å²) in [6, 6.07) is 20.5. The van der Waals surface area contributed by atoms with Crippen molar-refractivity contribution in [2.24, 2.45) is 0 Å². The summed E-state index contributed by atoms with van der Waals surface area (Å²) in [6.07, 6.45) is -0.710. The minimum absolute atomic E-state index is 0.182. The fourth-order valence-electron chi connectivity index (χ4n) is 2.75. The van der Waals surface area contributed by atoms with Crippen molar-refractivity contribution in [1.29, 1.82) is 0 Å². The predicted molar refractivity (Wildman–Crippen MR) is 113 cm³/mol. The number of nitrogens with one attached hydrogen (secondary N) is 1. The Labute approximate surface area is 174 Å². The number of hydrogen-bond acceptors (Lipinski definition) is 4. The number of Topliss-reactive ketones (excluding diaryl/α,β-unsaturated/α-hetero) is 1. The van der Waals surface area contributed by atoms with Gasteiger partial charge in [-0.2, -0.15) is 0 Å². The van der Waals surface area contributed by atoms with Crippen LogP contribution in [0.3, 0.4) is 0 Å². The number of anilines is 1. The van der Waals surface area contributed by atoms with Gasteiger partial charge in [0.2, 0.25) is 5.78 Å². The molecule has 0 spiro atoms. The number of ketones is 1. The largest absolute Gasteiger partial charge is 0.497 e. The molecule has 0 aliphatic rings. The quantitative estimate of drug-likeness (QED) is 0.541. The van der Waals surface area contributed by atoms with Crippen molar-refractivity contribution in [3.05, 3.63) is 88.9 Å². The third-order valence-corrected chi connectivity index (χ3v) is 4.45. The van der Waals surface area contributed by atoms with Crippen LogP contribution < -0.4 is 14.8 Å². The van der Waals surface area contributed by atoms with Crippen LogP contribution in [-0.4, -0.2) is 24.9 Å². The summed E-state index contributed by atoms with van der Waals surface area (Å²) in [7, 11) is 1.55. The first-order valence-corrected chi connectivity index (χ1v) is 9.36. The van der Waals surface area contributed by atoms with E-state index in [1.165, 1.54) is 0 Å². The highest BCUT2D eigenvalue weighted by atomic mass is 35.5. The summed E-state index contributed by atoms with van der Waals surface area (Å²) in [5.74, 6) is 0.613. The van der Waals surface area contributed by atoms with Crippen LogP contribution in [0.4, 0.5) is 5.69 Å². The Hall–Kier alpha value is -3.31. The molecule has 3 aromatic rings. The van der Waals surface area contributed by atoms with Gasteiger partial charge in [0.1, 0.15) is 11.5 Å². The van der Waals surface area contributed by atoms with Crippen molar-refractivity contribution >= 4 is 29.0 Å². The number of methoxy groups -OCH3 is 1. The predicted octanol–water partition coefficient (Wildman–Crippen LogP) is 5.25. The molecule has 0 unspecified atom stereocenters. The van der Waals surface area contributed by atoms with Crippen molar-refractivity contribution in [3.63, 3.8) is 0 Å². The van der Waals surface area contributed by atoms with Crippen LogP contribution in [0.5, 0.6) is 11.5 Å². The van der Waals surface area contributed by atoms with E-state index in [0.717, 1.165) is 0 Å². The lowest BCUT2D eigenvalue weighted by Gasteiger charge is -2.15. The molecule has 0 aromatic heterocycles. The van der Waals surface area contributed by atoms with E-state index in [4.69, 9.17) is 21.1 Å². The molecule has 3 aromatic carbocycles. The van der Waals surface area contributed by atoms with Gasteiger partial charge in [-0.05, 0) is 49.4 Å². The Morgan fingerprint density at radius 2 is 1.59 bits per heavy atom. The second-order valence-electron chi connectivity index (χ2n) is 6.35. The van der Waals surface area contributed by atoms with Crippen LogP contribution in [0.15, 0.2) is 72.8 Å². The molecule has 1 atom stereocenters. The summed E-state index contributed by atoms with van der Waals surface area (Å²) >= 11 is 5.95. The topological polar surface area (TPSA) is 64.6 Å². The summed E-state index contributed by atoms with van der Waals surface area (Å²) < 4.78 is 10.9. The van der Waals surface area contributed by atoms with E-state index in [0.29, 0.717) is 33.3 Å². The van der Waals surface area contributed by atoms with E-state index in [1.807, 2.05) is 0 Å². The smallest absolute Gasteiger partial charge is 0.255 e.